The van der Waals surface area contributed by atoms with E-state index in [1.54, 1.807) is 30.3 Å². The van der Waals surface area contributed by atoms with Gasteiger partial charge in [-0.25, -0.2) is 4.99 Å². The average molecular weight is 1330 g/mol. The van der Waals surface area contributed by atoms with Gasteiger partial charge in [0.25, 0.3) is 0 Å². The Morgan fingerprint density at radius 3 is 2.59 bits per heavy atom. The first-order valence-corrected chi connectivity index (χ1v) is 35.8. The number of benzene rings is 8. The standard InChI is InChI=1S/C86H84N6O8/c1-84-36-10-17-60(84)16-9-19-69-68-33-27-55-22-23-59-43-57-14-6-7-18-64(57)65-34-37-85(68,77(55)75(59)65)50-86(69)61-28-24-58(70(44-61)90-83(87)88)42-53(48-93)49-99-79-66(32-21-52-13-8-15-56(41-52)67-45-73(84)91-82(67)92-39-38-89-47-74(86)92)78-76(71(96)46-72(100-78)54-25-30-62(94)31-26-54)80(81(79)97-2)98-40-35-63(95)29-20-51-11-4-3-5-12-51/h3-8,11-15,18,20,22-31,33,41,43-46,53,60,63,68-69,74,89,91,93-95H,10,16-17,21,32,34-40,42,47-50H2,1-2H3,(H4,87,88,90). The summed E-state index contributed by atoms with van der Waals surface area (Å²) in [6.45, 7) is 4.39. The van der Waals surface area contributed by atoms with Gasteiger partial charge in [-0.15, -0.1) is 5.92 Å². The molecule has 7 bridgehead atoms. The predicted octanol–water partition coefficient (Wildman–Crippen LogP) is 14.3. The number of anilines is 1. The Hall–Kier alpha value is -10.0. The monoisotopic (exact) mass is 1330 g/mol. The number of hydrogen-bond donors (Lipinski definition) is 7. The quantitative estimate of drug-likeness (QED) is 0.0295. The third-order valence-corrected chi connectivity index (χ3v) is 23.9. The van der Waals surface area contributed by atoms with Crippen LogP contribution in [0.4, 0.5) is 11.5 Å². The summed E-state index contributed by atoms with van der Waals surface area (Å²) in [5.41, 5.74) is 25.3. The van der Waals surface area contributed by atoms with Gasteiger partial charge in [-0.05, 0) is 166 Å². The number of phenolic OH excluding ortho intramolecular Hbond substituents is 1. The molecule has 4 aliphatic carbocycles. The first-order chi connectivity index (χ1) is 48.8. The number of nitrogens with zero attached hydrogens (tertiary/aromatic N) is 2. The van der Waals surface area contributed by atoms with Crippen molar-refractivity contribution in [3.63, 3.8) is 0 Å². The molecule has 9 atom stereocenters. The summed E-state index contributed by atoms with van der Waals surface area (Å²) < 4.78 is 27.3. The van der Waals surface area contributed by atoms with E-state index >= 15 is 4.79 Å². The topological polar surface area (TPSA) is 214 Å². The molecule has 3 fully saturated rings. The highest BCUT2D eigenvalue weighted by atomic mass is 16.5. The van der Waals surface area contributed by atoms with Crippen molar-refractivity contribution in [3.8, 4) is 57.3 Å². The highest BCUT2D eigenvalue weighted by Gasteiger charge is 2.66. The SMILES string of the molecule is COc1c2c(c3oc(-c4ccc(O)cc4)cc(=O)c3c1OCCC(O)C=Cc1ccccc1)CCc1cccc(c1)-c1cc3[nH]c1N1CCNCC1C1(CC45CCc6c7ccccc7cc7ccc(c4c67)C=CC5C1C#CCC1CCCC31C)c1ccc(c(N=C(N)N)c1)CC(CO)CO2. The Balaban J connectivity index is 0.873. The van der Waals surface area contributed by atoms with Crippen molar-refractivity contribution in [2.75, 3.05) is 51.5 Å². The lowest BCUT2D eigenvalue weighted by Gasteiger charge is -2.51. The van der Waals surface area contributed by atoms with Crippen LogP contribution in [0.25, 0.3) is 67.1 Å². The van der Waals surface area contributed by atoms with E-state index in [4.69, 9.17) is 35.1 Å². The number of aliphatic imine (C=N–C) groups is 1. The first kappa shape index (κ1) is 63.4. The van der Waals surface area contributed by atoms with Gasteiger partial charge >= 0.3 is 0 Å². The van der Waals surface area contributed by atoms with Gasteiger partial charge in [0.2, 0.25) is 5.75 Å². The molecule has 2 saturated carbocycles. The fraction of sp³-hybridized carbons (Fsp3) is 0.326. The smallest absolute Gasteiger partial charge is 0.204 e. The molecule has 100 heavy (non-hydrogen) atoms. The number of nitrogens with one attached hydrogen (secondary N) is 2. The third-order valence-electron chi connectivity index (χ3n) is 23.9. The summed E-state index contributed by atoms with van der Waals surface area (Å²) >= 11 is 0. The van der Waals surface area contributed by atoms with Gasteiger partial charge in [0.15, 0.2) is 22.9 Å². The zero-order valence-corrected chi connectivity index (χ0v) is 56.7. The maximum Gasteiger partial charge on any atom is 0.204 e. The van der Waals surface area contributed by atoms with E-state index in [-0.39, 0.29) is 100 Å². The number of methoxy groups -OCH3 is 1. The number of allylic oxidation sites excluding steroid dienone is 1. The van der Waals surface area contributed by atoms with Gasteiger partial charge in [0, 0.05) is 102 Å². The van der Waals surface area contributed by atoms with Crippen LogP contribution in [-0.2, 0) is 41.9 Å². The van der Waals surface area contributed by atoms with E-state index in [1.807, 2.05) is 36.4 Å². The van der Waals surface area contributed by atoms with Gasteiger partial charge in [0.1, 0.15) is 28.3 Å². The van der Waals surface area contributed by atoms with Crippen LogP contribution >= 0.6 is 0 Å². The number of ether oxygens (including phenoxy) is 3. The summed E-state index contributed by atoms with van der Waals surface area (Å²) in [6.07, 6.45) is 15.7. The molecule has 4 aliphatic heterocycles. The number of piperazine rings is 1. The molecular weight excluding hydrogens is 1240 g/mol. The molecule has 8 aliphatic rings. The maximum atomic E-state index is 15.1. The second kappa shape index (κ2) is 25.3. The average Bonchev–Trinajstić information content (AvgIpc) is 1.49. The Morgan fingerprint density at radius 1 is 0.880 bits per heavy atom. The summed E-state index contributed by atoms with van der Waals surface area (Å²) in [4.78, 5) is 27.2. The Morgan fingerprint density at radius 2 is 1.74 bits per heavy atom. The number of hydrogen-bond acceptors (Lipinski definition) is 11. The van der Waals surface area contributed by atoms with Gasteiger partial charge in [0.05, 0.1) is 38.2 Å². The molecule has 9 N–H and O–H groups in total. The van der Waals surface area contributed by atoms with Crippen LogP contribution < -0.4 is 41.3 Å². The minimum absolute atomic E-state index is 0.00776. The zero-order chi connectivity index (χ0) is 68.0. The van der Waals surface area contributed by atoms with Crippen molar-refractivity contribution in [2.45, 2.75) is 106 Å². The van der Waals surface area contributed by atoms with Gasteiger partial charge in [-0.1, -0.05) is 147 Å². The molecule has 2 aromatic heterocycles. The molecule has 14 heteroatoms. The maximum absolute atomic E-state index is 15.1. The van der Waals surface area contributed by atoms with E-state index in [2.05, 4.69) is 137 Å². The second-order valence-corrected chi connectivity index (χ2v) is 29.3. The number of aliphatic hydroxyl groups is 2. The fourth-order valence-electron chi connectivity index (χ4n) is 19.1. The Labute approximate surface area is 582 Å². The number of aliphatic hydroxyl groups excluding tert-OH is 2. The molecule has 2 spiro atoms. The second-order valence-electron chi connectivity index (χ2n) is 29.3. The predicted molar refractivity (Wildman–Crippen MR) is 398 cm³/mol. The van der Waals surface area contributed by atoms with Crippen LogP contribution in [0.2, 0.25) is 0 Å². The number of aromatic nitrogens is 1. The molecule has 9 unspecified atom stereocenters. The van der Waals surface area contributed by atoms with Crippen molar-refractivity contribution in [1.29, 1.82) is 0 Å². The number of H-pyrrole nitrogens is 1. The van der Waals surface area contributed by atoms with Gasteiger partial charge in [-0.2, -0.15) is 0 Å². The molecule has 0 radical (unpaired) electrons. The number of aryl methyl sites for hydroxylation is 3. The number of nitrogens with two attached hydrogens (primary N) is 2. The number of aromatic amines is 1. The molecule has 10 aromatic rings. The molecule has 18 rings (SSSR count). The summed E-state index contributed by atoms with van der Waals surface area (Å²) in [5, 5.41) is 42.9. The van der Waals surface area contributed by atoms with Crippen molar-refractivity contribution in [2.24, 2.45) is 40.1 Å². The minimum atomic E-state index is -0.885. The van der Waals surface area contributed by atoms with E-state index in [9.17, 15) is 15.3 Å². The fourth-order valence-corrected chi connectivity index (χ4v) is 19.1. The summed E-state index contributed by atoms with van der Waals surface area (Å²) in [7, 11) is 1.53. The van der Waals surface area contributed by atoms with Gasteiger partial charge in [-0.3, -0.25) is 4.79 Å². The zero-order valence-electron chi connectivity index (χ0n) is 56.7. The number of guanidine groups is 1. The van der Waals surface area contributed by atoms with Crippen molar-refractivity contribution >= 4 is 62.1 Å². The lowest BCUT2D eigenvalue weighted by molar-refractivity contribution is 0.157. The lowest BCUT2D eigenvalue weighted by Crippen LogP contribution is -2.62. The highest BCUT2D eigenvalue weighted by molar-refractivity contribution is 6.06. The molecular formula is C86H84N6O8. The summed E-state index contributed by atoms with van der Waals surface area (Å²) in [5.74, 6) is 10.0. The van der Waals surface area contributed by atoms with Crippen molar-refractivity contribution in [1.82, 2.24) is 10.3 Å². The van der Waals surface area contributed by atoms with Crippen LogP contribution in [0.15, 0.2) is 178 Å². The van der Waals surface area contributed by atoms with Crippen LogP contribution in [0.5, 0.6) is 23.0 Å². The summed E-state index contributed by atoms with van der Waals surface area (Å²) in [6, 6.07) is 51.8. The first-order valence-electron chi connectivity index (χ1n) is 35.8. The number of phenols is 1. The van der Waals surface area contributed by atoms with E-state index < -0.39 is 17.4 Å². The van der Waals surface area contributed by atoms with Crippen LogP contribution in [0.3, 0.4) is 0 Å². The number of rotatable bonds is 10. The van der Waals surface area contributed by atoms with E-state index in [0.717, 1.165) is 97.2 Å². The number of fused-ring (bicyclic) bond motifs is 13. The minimum Gasteiger partial charge on any atom is -0.508 e. The van der Waals surface area contributed by atoms with Crippen molar-refractivity contribution in [3.05, 3.63) is 224 Å². The normalized spacial score (nSPS) is 24.4. The molecule has 14 nitrogen and oxygen atoms in total. The van der Waals surface area contributed by atoms with Gasteiger partial charge < -0.3 is 60.6 Å². The molecule has 0 amide bonds. The van der Waals surface area contributed by atoms with Crippen LogP contribution in [0, 0.1) is 35.5 Å². The van der Waals surface area contributed by atoms with E-state index in [0.29, 0.717) is 54.3 Å². The van der Waals surface area contributed by atoms with Crippen molar-refractivity contribution < 1.29 is 33.9 Å². The molecule has 506 valence electrons. The third kappa shape index (κ3) is 10.6. The Bertz CT molecular complexity index is 5120. The lowest BCUT2D eigenvalue weighted by atomic mass is 9.59. The Kier molecular flexibility index (Phi) is 16.0. The van der Waals surface area contributed by atoms with Crippen LogP contribution in [0.1, 0.15) is 102 Å². The molecule has 8 aromatic carbocycles. The number of aromatic hydroxyl groups is 1. The van der Waals surface area contributed by atoms with E-state index in [1.165, 1.54) is 57.1 Å². The van der Waals surface area contributed by atoms with Crippen LogP contribution in [-0.4, -0.2) is 85.0 Å². The molecule has 6 heterocycles. The molecule has 1 saturated heterocycles. The highest BCUT2D eigenvalue weighted by Crippen LogP contribution is 2.68. The largest absolute Gasteiger partial charge is 0.508 e.